The van der Waals surface area contributed by atoms with Gasteiger partial charge in [0.05, 0.1) is 0 Å². The molecule has 0 radical (unpaired) electrons. The second kappa shape index (κ2) is 5.67. The number of nitrogens with two attached hydrogens (primary N) is 1. The number of piperidine rings is 1. The third-order valence-electron chi connectivity index (χ3n) is 4.97. The highest BCUT2D eigenvalue weighted by Crippen LogP contribution is 2.50. The lowest BCUT2D eigenvalue weighted by molar-refractivity contribution is 0.0162. The summed E-state index contributed by atoms with van der Waals surface area (Å²) >= 11 is 6.20. The molecule has 0 unspecified atom stereocenters. The van der Waals surface area contributed by atoms with E-state index in [1.54, 1.807) is 0 Å². The van der Waals surface area contributed by atoms with Crippen molar-refractivity contribution in [3.8, 4) is 0 Å². The molecule has 1 aliphatic carbocycles. The van der Waals surface area contributed by atoms with Gasteiger partial charge in [0.2, 0.25) is 0 Å². The van der Waals surface area contributed by atoms with Crippen molar-refractivity contribution in [1.29, 1.82) is 0 Å². The van der Waals surface area contributed by atoms with E-state index in [0.29, 0.717) is 13.1 Å². The molecule has 5 heteroatoms. The van der Waals surface area contributed by atoms with Crippen LogP contribution in [0.4, 0.5) is 4.79 Å². The lowest BCUT2D eigenvalue weighted by Gasteiger charge is -2.40. The number of halogens is 1. The van der Waals surface area contributed by atoms with Gasteiger partial charge in [-0.15, -0.1) is 0 Å². The molecule has 23 heavy (non-hydrogen) atoms. The summed E-state index contributed by atoms with van der Waals surface area (Å²) in [5.41, 5.74) is 8.42. The lowest BCUT2D eigenvalue weighted by atomic mass is 9.74. The van der Waals surface area contributed by atoms with Gasteiger partial charge >= 0.3 is 6.09 Å². The van der Waals surface area contributed by atoms with Crippen LogP contribution in [0.1, 0.15) is 57.2 Å². The molecule has 1 atom stereocenters. The first-order chi connectivity index (χ1) is 10.7. The van der Waals surface area contributed by atoms with Crippen molar-refractivity contribution in [2.75, 3.05) is 13.1 Å². The second-order valence-corrected chi connectivity index (χ2v) is 8.23. The summed E-state index contributed by atoms with van der Waals surface area (Å²) in [4.78, 5) is 14.0. The van der Waals surface area contributed by atoms with E-state index < -0.39 is 5.60 Å². The van der Waals surface area contributed by atoms with Gasteiger partial charge in [0.15, 0.2) is 0 Å². The number of fused-ring (bicyclic) bond motifs is 2. The number of likely N-dealkylation sites (tertiary alicyclic amines) is 1. The van der Waals surface area contributed by atoms with Crippen molar-refractivity contribution >= 4 is 17.7 Å². The van der Waals surface area contributed by atoms with E-state index in [9.17, 15) is 4.79 Å². The molecule has 1 fully saturated rings. The summed E-state index contributed by atoms with van der Waals surface area (Å²) in [6.07, 6.45) is 2.53. The quantitative estimate of drug-likeness (QED) is 0.778. The Kier molecular flexibility index (Phi) is 4.09. The van der Waals surface area contributed by atoms with Gasteiger partial charge in [-0.25, -0.2) is 4.79 Å². The van der Waals surface area contributed by atoms with E-state index in [2.05, 4.69) is 12.1 Å². The zero-order valence-electron chi connectivity index (χ0n) is 14.1. The summed E-state index contributed by atoms with van der Waals surface area (Å²) in [6, 6.07) is 6.09. The maximum atomic E-state index is 12.2. The molecule has 3 rings (SSSR count). The highest BCUT2D eigenvalue weighted by atomic mass is 35.5. The molecule has 1 spiro atoms. The molecule has 1 aromatic carbocycles. The molecule has 4 nitrogen and oxygen atoms in total. The average Bonchev–Trinajstić information content (AvgIpc) is 2.70. The Labute approximate surface area is 142 Å². The van der Waals surface area contributed by atoms with E-state index >= 15 is 0 Å². The molecule has 0 bridgehead atoms. The number of rotatable bonds is 0. The SMILES string of the molecule is CC(C)(C)OC(=O)N1CCC2(CC1)C[C@H](N)c1ccc(Cl)cc12. The Morgan fingerprint density at radius 3 is 2.61 bits per heavy atom. The molecule has 1 aliphatic heterocycles. The normalized spacial score (nSPS) is 23.0. The number of hydrogen-bond donors (Lipinski definition) is 1. The van der Waals surface area contributed by atoms with Gasteiger partial charge in [-0.1, -0.05) is 17.7 Å². The van der Waals surface area contributed by atoms with Crippen molar-refractivity contribution in [2.45, 2.75) is 57.1 Å². The standard InChI is InChI=1S/C18H25ClN2O2/c1-17(2,3)23-16(22)21-8-6-18(7-9-21)11-15(20)13-5-4-12(19)10-14(13)18/h4-5,10,15H,6-9,11,20H2,1-3H3/t15-/m0/s1. The van der Waals surface area contributed by atoms with E-state index in [4.69, 9.17) is 22.1 Å². The Morgan fingerprint density at radius 1 is 1.35 bits per heavy atom. The van der Waals surface area contributed by atoms with Gasteiger partial charge in [-0.2, -0.15) is 0 Å². The first-order valence-electron chi connectivity index (χ1n) is 8.24. The van der Waals surface area contributed by atoms with Crippen LogP contribution in [0.2, 0.25) is 5.02 Å². The molecule has 0 saturated carbocycles. The van der Waals surface area contributed by atoms with Crippen LogP contribution in [0.15, 0.2) is 18.2 Å². The van der Waals surface area contributed by atoms with Crippen molar-refractivity contribution in [2.24, 2.45) is 5.73 Å². The number of hydrogen-bond acceptors (Lipinski definition) is 3. The largest absolute Gasteiger partial charge is 0.444 e. The minimum atomic E-state index is -0.456. The monoisotopic (exact) mass is 336 g/mol. The molecule has 0 aromatic heterocycles. The number of nitrogens with zero attached hydrogens (tertiary/aromatic N) is 1. The summed E-state index contributed by atoms with van der Waals surface area (Å²) in [5.74, 6) is 0. The molecule has 1 saturated heterocycles. The molecular weight excluding hydrogens is 312 g/mol. The third kappa shape index (κ3) is 3.20. The van der Waals surface area contributed by atoms with E-state index in [1.807, 2.05) is 31.7 Å². The van der Waals surface area contributed by atoms with Crippen molar-refractivity contribution in [3.63, 3.8) is 0 Å². The summed E-state index contributed by atoms with van der Waals surface area (Å²) in [7, 11) is 0. The molecule has 2 N–H and O–H groups in total. The summed E-state index contributed by atoms with van der Waals surface area (Å²) in [6.45, 7) is 7.08. The predicted octanol–water partition coefficient (Wildman–Crippen LogP) is 4.01. The fourth-order valence-electron chi connectivity index (χ4n) is 3.87. The number of carbonyl (C=O) groups excluding carboxylic acids is 1. The zero-order valence-corrected chi connectivity index (χ0v) is 14.8. The van der Waals surface area contributed by atoms with Gasteiger partial charge in [-0.05, 0) is 63.3 Å². The van der Waals surface area contributed by atoms with Crippen LogP contribution >= 0.6 is 11.6 Å². The Hall–Kier alpha value is -1.26. The third-order valence-corrected chi connectivity index (χ3v) is 5.20. The molecule has 1 aromatic rings. The highest BCUT2D eigenvalue weighted by Gasteiger charge is 2.45. The van der Waals surface area contributed by atoms with Gasteiger partial charge in [0.25, 0.3) is 0 Å². The molecule has 1 amide bonds. The molecule has 2 aliphatic rings. The van der Waals surface area contributed by atoms with E-state index in [0.717, 1.165) is 24.3 Å². The predicted molar refractivity (Wildman–Crippen MR) is 91.7 cm³/mol. The van der Waals surface area contributed by atoms with Crippen LogP contribution in [0.25, 0.3) is 0 Å². The number of amides is 1. The minimum absolute atomic E-state index is 0.0537. The Morgan fingerprint density at radius 2 is 2.00 bits per heavy atom. The maximum absolute atomic E-state index is 12.2. The maximum Gasteiger partial charge on any atom is 0.410 e. The smallest absolute Gasteiger partial charge is 0.410 e. The van der Waals surface area contributed by atoms with Crippen LogP contribution in [-0.4, -0.2) is 29.7 Å². The van der Waals surface area contributed by atoms with Gasteiger partial charge in [0, 0.05) is 29.6 Å². The second-order valence-electron chi connectivity index (χ2n) is 7.79. The van der Waals surface area contributed by atoms with Crippen LogP contribution < -0.4 is 5.73 Å². The first-order valence-corrected chi connectivity index (χ1v) is 8.61. The summed E-state index contributed by atoms with van der Waals surface area (Å²) < 4.78 is 5.48. The highest BCUT2D eigenvalue weighted by molar-refractivity contribution is 6.30. The van der Waals surface area contributed by atoms with Gasteiger partial charge in [-0.3, -0.25) is 0 Å². The number of benzene rings is 1. The van der Waals surface area contributed by atoms with Crippen LogP contribution in [0.3, 0.4) is 0 Å². The van der Waals surface area contributed by atoms with Gasteiger partial charge in [0.1, 0.15) is 5.60 Å². The van der Waals surface area contributed by atoms with Gasteiger partial charge < -0.3 is 15.4 Å². The zero-order chi connectivity index (χ0) is 16.8. The Bertz CT molecular complexity index is 616. The summed E-state index contributed by atoms with van der Waals surface area (Å²) in [5, 5.41) is 0.756. The topological polar surface area (TPSA) is 55.6 Å². The van der Waals surface area contributed by atoms with Crippen LogP contribution in [-0.2, 0) is 10.2 Å². The van der Waals surface area contributed by atoms with Crippen molar-refractivity contribution in [3.05, 3.63) is 34.3 Å². The van der Waals surface area contributed by atoms with Crippen LogP contribution in [0.5, 0.6) is 0 Å². The lowest BCUT2D eigenvalue weighted by Crippen LogP contribution is -2.46. The van der Waals surface area contributed by atoms with E-state index in [-0.39, 0.29) is 17.6 Å². The number of ether oxygens (including phenoxy) is 1. The fraction of sp³-hybridized carbons (Fsp3) is 0.611. The van der Waals surface area contributed by atoms with E-state index in [1.165, 1.54) is 11.1 Å². The van der Waals surface area contributed by atoms with Crippen molar-refractivity contribution < 1.29 is 9.53 Å². The van der Waals surface area contributed by atoms with Crippen LogP contribution in [0, 0.1) is 0 Å². The minimum Gasteiger partial charge on any atom is -0.444 e. The number of carbonyl (C=O) groups is 1. The molecule has 1 heterocycles. The average molecular weight is 337 g/mol. The molecule has 126 valence electrons. The van der Waals surface area contributed by atoms with Crippen molar-refractivity contribution in [1.82, 2.24) is 4.90 Å². The molecular formula is C18H25ClN2O2. The Balaban J connectivity index is 1.75. The first kappa shape index (κ1) is 16.6. The fourth-order valence-corrected chi connectivity index (χ4v) is 4.04.